The predicted octanol–water partition coefficient (Wildman–Crippen LogP) is 3.66. The Morgan fingerprint density at radius 3 is 2.50 bits per heavy atom. The van der Waals surface area contributed by atoms with Gasteiger partial charge in [-0.05, 0) is 49.2 Å². The van der Waals surface area contributed by atoms with Gasteiger partial charge in [-0.1, -0.05) is 29.8 Å². The van der Waals surface area contributed by atoms with Crippen molar-refractivity contribution < 1.29 is 0 Å². The van der Waals surface area contributed by atoms with Gasteiger partial charge < -0.3 is 5.32 Å². The molecule has 0 fully saturated rings. The summed E-state index contributed by atoms with van der Waals surface area (Å²) in [6.07, 6.45) is 3.75. The number of nitrogens with one attached hydrogen (secondary N) is 1. The van der Waals surface area contributed by atoms with E-state index in [1.165, 1.54) is 0 Å². The highest BCUT2D eigenvalue weighted by Crippen LogP contribution is 2.26. The lowest BCUT2D eigenvalue weighted by Crippen LogP contribution is -2.18. The molecule has 3 heteroatoms. The monoisotopic (exact) mass is 260 g/mol. The molecule has 0 aliphatic rings. The molecule has 1 heterocycles. The van der Waals surface area contributed by atoms with Gasteiger partial charge in [-0.3, -0.25) is 4.98 Å². The second kappa shape index (κ2) is 5.51. The molecule has 18 heavy (non-hydrogen) atoms. The molecule has 0 aliphatic heterocycles. The summed E-state index contributed by atoms with van der Waals surface area (Å²) in [5.74, 6) is 0. The number of benzene rings is 1. The Balaban J connectivity index is 2.42. The molecule has 0 saturated heterocycles. The third-order valence-corrected chi connectivity index (χ3v) is 3.45. The smallest absolute Gasteiger partial charge is 0.0590 e. The van der Waals surface area contributed by atoms with Gasteiger partial charge >= 0.3 is 0 Å². The molecule has 0 radical (unpaired) electrons. The van der Waals surface area contributed by atoms with Crippen molar-refractivity contribution >= 4 is 11.6 Å². The molecule has 1 N–H and O–H groups in total. The number of hydrogen-bond acceptors (Lipinski definition) is 2. The molecular weight excluding hydrogens is 244 g/mol. The van der Waals surface area contributed by atoms with Crippen LogP contribution >= 0.6 is 11.6 Å². The Labute approximate surface area is 113 Å². The van der Waals surface area contributed by atoms with Gasteiger partial charge in [0.05, 0.1) is 6.04 Å². The molecule has 0 amide bonds. The van der Waals surface area contributed by atoms with Gasteiger partial charge in [0, 0.05) is 17.4 Å². The van der Waals surface area contributed by atoms with Crippen LogP contribution < -0.4 is 5.32 Å². The van der Waals surface area contributed by atoms with Crippen molar-refractivity contribution in [2.45, 2.75) is 19.9 Å². The Morgan fingerprint density at radius 1 is 1.11 bits per heavy atom. The molecule has 2 aromatic rings. The number of rotatable bonds is 3. The summed E-state index contributed by atoms with van der Waals surface area (Å²) in [7, 11) is 1.95. The summed E-state index contributed by atoms with van der Waals surface area (Å²) >= 11 is 6.19. The van der Waals surface area contributed by atoms with Crippen LogP contribution in [-0.2, 0) is 0 Å². The molecule has 0 bridgehead atoms. The van der Waals surface area contributed by atoms with Crippen molar-refractivity contribution in [3.8, 4) is 0 Å². The van der Waals surface area contributed by atoms with Crippen LogP contribution in [0.3, 0.4) is 0 Å². The maximum Gasteiger partial charge on any atom is 0.0590 e. The number of halogens is 1. The van der Waals surface area contributed by atoms with Crippen LogP contribution in [0.5, 0.6) is 0 Å². The van der Waals surface area contributed by atoms with Crippen LogP contribution in [0.15, 0.2) is 36.7 Å². The third kappa shape index (κ3) is 2.71. The van der Waals surface area contributed by atoms with E-state index in [-0.39, 0.29) is 6.04 Å². The average Bonchev–Trinajstić information content (AvgIpc) is 2.35. The molecule has 1 aromatic carbocycles. The first kappa shape index (κ1) is 13.1. The van der Waals surface area contributed by atoms with Crippen molar-refractivity contribution in [3.63, 3.8) is 0 Å². The summed E-state index contributed by atoms with van der Waals surface area (Å²) in [5, 5.41) is 4.11. The normalized spacial score (nSPS) is 12.4. The highest BCUT2D eigenvalue weighted by atomic mass is 35.5. The molecule has 0 aliphatic carbocycles. The Morgan fingerprint density at radius 2 is 1.89 bits per heavy atom. The standard InChI is InChI=1S/C15H17ClN2/c1-10-6-13(9-18-8-10)15(17-3)12-5-4-11(2)14(16)7-12/h4-9,15,17H,1-3H3. The summed E-state index contributed by atoms with van der Waals surface area (Å²) in [6.45, 7) is 4.06. The van der Waals surface area contributed by atoms with E-state index in [0.717, 1.165) is 27.3 Å². The molecular formula is C15H17ClN2. The second-order valence-electron chi connectivity index (χ2n) is 4.53. The minimum atomic E-state index is 0.121. The first-order valence-corrected chi connectivity index (χ1v) is 6.34. The average molecular weight is 261 g/mol. The van der Waals surface area contributed by atoms with Crippen LogP contribution in [-0.4, -0.2) is 12.0 Å². The fourth-order valence-corrected chi connectivity index (χ4v) is 2.24. The van der Waals surface area contributed by atoms with Crippen LogP contribution in [0.25, 0.3) is 0 Å². The molecule has 0 spiro atoms. The van der Waals surface area contributed by atoms with E-state index in [1.54, 1.807) is 0 Å². The van der Waals surface area contributed by atoms with E-state index in [9.17, 15) is 0 Å². The zero-order chi connectivity index (χ0) is 13.1. The summed E-state index contributed by atoms with van der Waals surface area (Å²) in [4.78, 5) is 4.25. The van der Waals surface area contributed by atoms with Crippen molar-refractivity contribution in [2.24, 2.45) is 0 Å². The number of nitrogens with zero attached hydrogens (tertiary/aromatic N) is 1. The van der Waals surface area contributed by atoms with Gasteiger partial charge in [-0.2, -0.15) is 0 Å². The molecule has 1 atom stereocenters. The van der Waals surface area contributed by atoms with Gasteiger partial charge in [0.25, 0.3) is 0 Å². The van der Waals surface area contributed by atoms with Crippen molar-refractivity contribution in [3.05, 3.63) is 63.9 Å². The lowest BCUT2D eigenvalue weighted by Gasteiger charge is -2.18. The second-order valence-corrected chi connectivity index (χ2v) is 4.93. The van der Waals surface area contributed by atoms with E-state index in [4.69, 9.17) is 11.6 Å². The van der Waals surface area contributed by atoms with E-state index in [2.05, 4.69) is 22.4 Å². The quantitative estimate of drug-likeness (QED) is 0.911. The first-order valence-electron chi connectivity index (χ1n) is 5.96. The summed E-state index contributed by atoms with van der Waals surface area (Å²) < 4.78 is 0. The topological polar surface area (TPSA) is 24.9 Å². The molecule has 2 nitrogen and oxygen atoms in total. The Kier molecular flexibility index (Phi) is 4.00. The fourth-order valence-electron chi connectivity index (χ4n) is 2.05. The number of pyridine rings is 1. The minimum absolute atomic E-state index is 0.121. The zero-order valence-corrected chi connectivity index (χ0v) is 11.6. The number of aromatic nitrogens is 1. The van der Waals surface area contributed by atoms with Crippen molar-refractivity contribution in [1.82, 2.24) is 10.3 Å². The van der Waals surface area contributed by atoms with Crippen LogP contribution in [0.2, 0.25) is 5.02 Å². The van der Waals surface area contributed by atoms with E-state index < -0.39 is 0 Å². The zero-order valence-electron chi connectivity index (χ0n) is 10.9. The van der Waals surface area contributed by atoms with Gasteiger partial charge in [0.1, 0.15) is 0 Å². The maximum atomic E-state index is 6.19. The van der Waals surface area contributed by atoms with E-state index in [0.29, 0.717) is 0 Å². The van der Waals surface area contributed by atoms with Crippen molar-refractivity contribution in [2.75, 3.05) is 7.05 Å². The molecule has 0 saturated carbocycles. The number of hydrogen-bond donors (Lipinski definition) is 1. The summed E-state index contributed by atoms with van der Waals surface area (Å²) in [6, 6.07) is 8.42. The highest BCUT2D eigenvalue weighted by Gasteiger charge is 2.13. The summed E-state index contributed by atoms with van der Waals surface area (Å²) in [5.41, 5.74) is 4.56. The third-order valence-electron chi connectivity index (χ3n) is 3.05. The lowest BCUT2D eigenvalue weighted by atomic mass is 9.98. The lowest BCUT2D eigenvalue weighted by molar-refractivity contribution is 0.688. The Bertz CT molecular complexity index is 552. The maximum absolute atomic E-state index is 6.19. The molecule has 1 aromatic heterocycles. The number of aryl methyl sites for hydroxylation is 2. The first-order chi connectivity index (χ1) is 8.61. The van der Waals surface area contributed by atoms with Crippen molar-refractivity contribution in [1.29, 1.82) is 0 Å². The van der Waals surface area contributed by atoms with E-state index >= 15 is 0 Å². The van der Waals surface area contributed by atoms with Crippen LogP contribution in [0.4, 0.5) is 0 Å². The van der Waals surface area contributed by atoms with E-state index in [1.807, 2.05) is 45.4 Å². The molecule has 2 rings (SSSR count). The van der Waals surface area contributed by atoms with Gasteiger partial charge in [0.2, 0.25) is 0 Å². The Hall–Kier alpha value is -1.38. The fraction of sp³-hybridized carbons (Fsp3) is 0.267. The van der Waals surface area contributed by atoms with Gasteiger partial charge in [-0.15, -0.1) is 0 Å². The highest BCUT2D eigenvalue weighted by molar-refractivity contribution is 6.31. The van der Waals surface area contributed by atoms with Crippen LogP contribution in [0.1, 0.15) is 28.3 Å². The predicted molar refractivity (Wildman–Crippen MR) is 76.1 cm³/mol. The minimum Gasteiger partial charge on any atom is -0.309 e. The van der Waals surface area contributed by atoms with Crippen LogP contribution in [0, 0.1) is 13.8 Å². The SMILES string of the molecule is CNC(c1cncc(C)c1)c1ccc(C)c(Cl)c1. The largest absolute Gasteiger partial charge is 0.309 e. The molecule has 94 valence electrons. The van der Waals surface area contributed by atoms with Gasteiger partial charge in [-0.25, -0.2) is 0 Å². The molecule has 1 unspecified atom stereocenters. The van der Waals surface area contributed by atoms with Gasteiger partial charge in [0.15, 0.2) is 0 Å².